The maximum Gasteiger partial charge on any atom is 0.0919 e. The molecular formula is C12H16NO-. The SMILES string of the molecule is [CH2-]N1CCC(O)(c2ccccc2)CC1. The first-order valence-corrected chi connectivity index (χ1v) is 5.04. The molecule has 2 heteroatoms. The summed E-state index contributed by atoms with van der Waals surface area (Å²) in [6, 6.07) is 9.93. The zero-order valence-electron chi connectivity index (χ0n) is 8.32. The topological polar surface area (TPSA) is 23.5 Å². The van der Waals surface area contributed by atoms with E-state index in [9.17, 15) is 5.11 Å². The quantitative estimate of drug-likeness (QED) is 0.682. The Morgan fingerprint density at radius 2 is 1.71 bits per heavy atom. The minimum Gasteiger partial charge on any atom is -0.459 e. The van der Waals surface area contributed by atoms with Gasteiger partial charge in [-0.1, -0.05) is 30.3 Å². The van der Waals surface area contributed by atoms with Crippen LogP contribution in [0.3, 0.4) is 0 Å². The van der Waals surface area contributed by atoms with E-state index in [0.29, 0.717) is 0 Å². The molecule has 1 saturated heterocycles. The van der Waals surface area contributed by atoms with Crippen LogP contribution in [0, 0.1) is 7.05 Å². The van der Waals surface area contributed by atoms with Gasteiger partial charge in [0.1, 0.15) is 0 Å². The normalized spacial score (nSPS) is 22.1. The molecular weight excluding hydrogens is 174 g/mol. The highest BCUT2D eigenvalue weighted by atomic mass is 16.3. The second kappa shape index (κ2) is 3.71. The highest BCUT2D eigenvalue weighted by Crippen LogP contribution is 2.32. The third kappa shape index (κ3) is 1.81. The van der Waals surface area contributed by atoms with Gasteiger partial charge in [-0.05, 0) is 31.5 Å². The van der Waals surface area contributed by atoms with Gasteiger partial charge in [0.15, 0.2) is 0 Å². The molecule has 1 aromatic rings. The second-order valence-electron chi connectivity index (χ2n) is 4.02. The van der Waals surface area contributed by atoms with Gasteiger partial charge in [0.05, 0.1) is 5.60 Å². The van der Waals surface area contributed by atoms with Crippen LogP contribution in [0.15, 0.2) is 30.3 Å². The van der Waals surface area contributed by atoms with Crippen molar-refractivity contribution in [2.45, 2.75) is 18.4 Å². The van der Waals surface area contributed by atoms with Crippen molar-refractivity contribution < 1.29 is 5.11 Å². The number of likely N-dealkylation sites (tertiary alicyclic amines) is 1. The molecule has 0 unspecified atom stereocenters. The third-order valence-corrected chi connectivity index (χ3v) is 2.99. The van der Waals surface area contributed by atoms with E-state index in [2.05, 4.69) is 7.05 Å². The van der Waals surface area contributed by atoms with Gasteiger partial charge in [0.25, 0.3) is 0 Å². The number of benzene rings is 1. The molecule has 2 rings (SSSR count). The van der Waals surface area contributed by atoms with Gasteiger partial charge in [-0.2, -0.15) is 0 Å². The van der Waals surface area contributed by atoms with Crippen molar-refractivity contribution in [1.82, 2.24) is 4.90 Å². The van der Waals surface area contributed by atoms with E-state index < -0.39 is 5.60 Å². The maximum atomic E-state index is 10.4. The fourth-order valence-corrected chi connectivity index (χ4v) is 1.96. The summed E-state index contributed by atoms with van der Waals surface area (Å²) in [5.41, 5.74) is 0.406. The van der Waals surface area contributed by atoms with E-state index in [1.54, 1.807) is 0 Å². The molecule has 0 spiro atoms. The molecule has 0 amide bonds. The van der Waals surface area contributed by atoms with Crippen molar-refractivity contribution in [3.05, 3.63) is 42.9 Å². The molecule has 1 aliphatic rings. The lowest BCUT2D eigenvalue weighted by molar-refractivity contribution is -0.0167. The predicted octanol–water partition coefficient (Wildman–Crippen LogP) is 1.76. The highest BCUT2D eigenvalue weighted by Gasteiger charge is 2.30. The summed E-state index contributed by atoms with van der Waals surface area (Å²) < 4.78 is 0. The number of hydrogen-bond donors (Lipinski definition) is 1. The smallest absolute Gasteiger partial charge is 0.0919 e. The summed E-state index contributed by atoms with van der Waals surface area (Å²) >= 11 is 0. The molecule has 14 heavy (non-hydrogen) atoms. The molecule has 76 valence electrons. The summed E-state index contributed by atoms with van der Waals surface area (Å²) in [6.45, 7) is 1.73. The number of aliphatic hydroxyl groups is 1. The van der Waals surface area contributed by atoms with E-state index in [1.165, 1.54) is 0 Å². The Hall–Kier alpha value is -0.860. The standard InChI is InChI=1S/C12H16NO/c1-13-9-7-12(14,8-10-13)11-5-3-2-4-6-11/h2-6,14H,1,7-10H2/q-1. The average molecular weight is 190 g/mol. The molecule has 1 heterocycles. The number of hydrogen-bond acceptors (Lipinski definition) is 2. The zero-order valence-corrected chi connectivity index (χ0v) is 8.32. The van der Waals surface area contributed by atoms with Gasteiger partial charge in [0.2, 0.25) is 0 Å². The van der Waals surface area contributed by atoms with Crippen LogP contribution in [-0.4, -0.2) is 23.1 Å². The highest BCUT2D eigenvalue weighted by molar-refractivity contribution is 5.22. The van der Waals surface area contributed by atoms with Crippen LogP contribution < -0.4 is 0 Å². The molecule has 0 atom stereocenters. The molecule has 2 nitrogen and oxygen atoms in total. The van der Waals surface area contributed by atoms with Crippen molar-refractivity contribution in [3.63, 3.8) is 0 Å². The van der Waals surface area contributed by atoms with E-state index in [4.69, 9.17) is 0 Å². The number of piperidine rings is 1. The molecule has 1 aromatic carbocycles. The first kappa shape index (κ1) is 9.69. The van der Waals surface area contributed by atoms with Crippen LogP contribution in [0.1, 0.15) is 18.4 Å². The van der Waals surface area contributed by atoms with Crippen molar-refractivity contribution >= 4 is 0 Å². The molecule has 0 aromatic heterocycles. The summed E-state index contributed by atoms with van der Waals surface area (Å²) in [5.74, 6) is 0. The van der Waals surface area contributed by atoms with Gasteiger partial charge in [-0.15, -0.1) is 0 Å². The fourth-order valence-electron chi connectivity index (χ4n) is 1.96. The number of rotatable bonds is 1. The van der Waals surface area contributed by atoms with E-state index in [1.807, 2.05) is 35.2 Å². The van der Waals surface area contributed by atoms with Gasteiger partial charge < -0.3 is 10.0 Å². The Bertz CT molecular complexity index is 288. The lowest BCUT2D eigenvalue weighted by atomic mass is 9.85. The molecule has 0 saturated carbocycles. The Balaban J connectivity index is 2.17. The Morgan fingerprint density at radius 1 is 1.14 bits per heavy atom. The Morgan fingerprint density at radius 3 is 2.29 bits per heavy atom. The van der Waals surface area contributed by atoms with Crippen LogP contribution in [0.25, 0.3) is 0 Å². The summed E-state index contributed by atoms with van der Waals surface area (Å²) in [4.78, 5) is 2.01. The van der Waals surface area contributed by atoms with Crippen LogP contribution in [0.4, 0.5) is 0 Å². The molecule has 1 aliphatic heterocycles. The van der Waals surface area contributed by atoms with E-state index >= 15 is 0 Å². The largest absolute Gasteiger partial charge is 0.459 e. The molecule has 1 fully saturated rings. The molecule has 0 bridgehead atoms. The molecule has 1 N–H and O–H groups in total. The molecule has 0 radical (unpaired) electrons. The minimum absolute atomic E-state index is 0.630. The fraction of sp³-hybridized carbons (Fsp3) is 0.417. The van der Waals surface area contributed by atoms with E-state index in [0.717, 1.165) is 31.5 Å². The lowest BCUT2D eigenvalue weighted by Gasteiger charge is -2.40. The van der Waals surface area contributed by atoms with Gasteiger partial charge >= 0.3 is 0 Å². The average Bonchev–Trinajstić information content (AvgIpc) is 2.24. The van der Waals surface area contributed by atoms with Crippen molar-refractivity contribution in [1.29, 1.82) is 0 Å². The molecule has 0 aliphatic carbocycles. The lowest BCUT2D eigenvalue weighted by Crippen LogP contribution is -2.39. The first-order chi connectivity index (χ1) is 6.71. The van der Waals surface area contributed by atoms with Crippen molar-refractivity contribution in [3.8, 4) is 0 Å². The zero-order chi connectivity index (χ0) is 10.0. The second-order valence-corrected chi connectivity index (χ2v) is 4.02. The monoisotopic (exact) mass is 190 g/mol. The van der Waals surface area contributed by atoms with E-state index in [-0.39, 0.29) is 0 Å². The maximum absolute atomic E-state index is 10.4. The van der Waals surface area contributed by atoms with Crippen LogP contribution in [-0.2, 0) is 5.60 Å². The Labute approximate surface area is 85.2 Å². The third-order valence-electron chi connectivity index (χ3n) is 2.99. The van der Waals surface area contributed by atoms with Crippen LogP contribution in [0.5, 0.6) is 0 Å². The predicted molar refractivity (Wildman–Crippen MR) is 56.5 cm³/mol. The van der Waals surface area contributed by atoms with Crippen LogP contribution in [0.2, 0.25) is 0 Å². The minimum atomic E-state index is -0.630. The van der Waals surface area contributed by atoms with Crippen molar-refractivity contribution in [2.24, 2.45) is 0 Å². The van der Waals surface area contributed by atoms with Crippen molar-refractivity contribution in [2.75, 3.05) is 13.1 Å². The summed E-state index contributed by atoms with van der Waals surface area (Å²) in [7, 11) is 3.88. The van der Waals surface area contributed by atoms with Crippen LogP contribution >= 0.6 is 0 Å². The summed E-state index contributed by atoms with van der Waals surface area (Å²) in [5, 5.41) is 10.4. The van der Waals surface area contributed by atoms with Gasteiger partial charge in [-0.25, -0.2) is 0 Å². The van der Waals surface area contributed by atoms with Gasteiger partial charge in [0, 0.05) is 0 Å². The van der Waals surface area contributed by atoms with Gasteiger partial charge in [-0.3, -0.25) is 7.05 Å². The Kier molecular flexibility index (Phi) is 2.57. The first-order valence-electron chi connectivity index (χ1n) is 5.04. The number of nitrogens with zero attached hydrogens (tertiary/aromatic N) is 1. The summed E-state index contributed by atoms with van der Waals surface area (Å²) in [6.07, 6.45) is 1.56.